The predicted octanol–water partition coefficient (Wildman–Crippen LogP) is 18.8. The second-order valence-electron chi connectivity index (χ2n) is 18.5. The van der Waals surface area contributed by atoms with E-state index in [4.69, 9.17) is 14.2 Å². The third-order valence-electron chi connectivity index (χ3n) is 11.9. The summed E-state index contributed by atoms with van der Waals surface area (Å²) in [5.41, 5.74) is 0. The Bertz CT molecular complexity index is 1300. The Morgan fingerprint density at radius 1 is 0.313 bits per heavy atom. The van der Waals surface area contributed by atoms with Gasteiger partial charge in [-0.05, 0) is 77.0 Å². The maximum Gasteiger partial charge on any atom is 0.306 e. The average Bonchev–Trinajstić information content (AvgIpc) is 3.33. The van der Waals surface area contributed by atoms with E-state index in [1.54, 1.807) is 0 Å². The van der Waals surface area contributed by atoms with Gasteiger partial charge in [-0.25, -0.2) is 0 Å². The lowest BCUT2D eigenvalue weighted by Gasteiger charge is -2.18. The lowest BCUT2D eigenvalue weighted by molar-refractivity contribution is -0.167. The van der Waals surface area contributed by atoms with Crippen molar-refractivity contribution in [3.8, 4) is 0 Å². The summed E-state index contributed by atoms with van der Waals surface area (Å²) in [4.78, 5) is 37.8. The zero-order chi connectivity index (χ0) is 48.6. The number of unbranched alkanes of at least 4 members (excludes halogenated alkanes) is 25. The van der Waals surface area contributed by atoms with Crippen LogP contribution in [0, 0.1) is 0 Å². The molecule has 6 nitrogen and oxygen atoms in total. The van der Waals surface area contributed by atoms with Crippen LogP contribution < -0.4 is 0 Å². The molecule has 1 atom stereocenters. The van der Waals surface area contributed by atoms with Gasteiger partial charge in [0.05, 0.1) is 0 Å². The van der Waals surface area contributed by atoms with Crippen LogP contribution in [0.1, 0.15) is 265 Å². The van der Waals surface area contributed by atoms with Gasteiger partial charge < -0.3 is 14.2 Å². The summed E-state index contributed by atoms with van der Waals surface area (Å²) in [6, 6.07) is 0. The molecule has 0 N–H and O–H groups in total. The number of allylic oxidation sites excluding steroid dienone is 14. The first kappa shape index (κ1) is 63.6. The van der Waals surface area contributed by atoms with Crippen LogP contribution in [0.2, 0.25) is 0 Å². The Morgan fingerprint density at radius 3 is 0.910 bits per heavy atom. The summed E-state index contributed by atoms with van der Waals surface area (Å²) >= 11 is 0. The summed E-state index contributed by atoms with van der Waals surface area (Å²) in [6.45, 7) is 6.46. The van der Waals surface area contributed by atoms with Crippen LogP contribution in [0.5, 0.6) is 0 Å². The molecule has 0 bridgehead atoms. The largest absolute Gasteiger partial charge is 0.462 e. The fraction of sp³-hybridized carbons (Fsp3) is 0.721. The standard InChI is InChI=1S/C61H104O6/c1-4-7-10-13-16-18-20-22-24-26-27-28-29-30-31-32-33-34-35-36-38-39-41-43-45-48-51-54-60(63)66-57-58(56-65-59(62)53-50-47-15-12-9-6-3)67-61(64)55-52-49-46-44-42-40-37-25-23-21-19-17-14-11-8-5-2/h7,10,16,18,22,24,27-28,30-31,33-34,36,38,58H,4-6,8-9,11-15,17,19-21,23,25-26,29,32,35,37,39-57H2,1-3H3/b10-7-,18-16-,24-22-,28-27-,31-30-,34-33-,38-36-. The first-order valence-electron chi connectivity index (χ1n) is 28.1. The van der Waals surface area contributed by atoms with Crippen LogP contribution in [-0.2, 0) is 28.6 Å². The van der Waals surface area contributed by atoms with Gasteiger partial charge in [0.25, 0.3) is 0 Å². The zero-order valence-electron chi connectivity index (χ0n) is 43.9. The molecule has 0 rings (SSSR count). The van der Waals surface area contributed by atoms with Crippen molar-refractivity contribution in [1.29, 1.82) is 0 Å². The normalized spacial score (nSPS) is 12.7. The molecule has 0 saturated carbocycles. The Balaban J connectivity index is 4.19. The first-order valence-corrected chi connectivity index (χ1v) is 28.1. The van der Waals surface area contributed by atoms with E-state index in [9.17, 15) is 14.4 Å². The van der Waals surface area contributed by atoms with Gasteiger partial charge in [-0.15, -0.1) is 0 Å². The zero-order valence-corrected chi connectivity index (χ0v) is 43.9. The highest BCUT2D eigenvalue weighted by molar-refractivity contribution is 5.71. The van der Waals surface area contributed by atoms with Crippen LogP contribution in [-0.4, -0.2) is 37.2 Å². The lowest BCUT2D eigenvalue weighted by atomic mass is 10.0. The number of carbonyl (C=O) groups is 3. The molecule has 6 heteroatoms. The summed E-state index contributed by atoms with van der Waals surface area (Å²) in [5.74, 6) is -0.905. The fourth-order valence-corrected chi connectivity index (χ4v) is 7.72. The molecule has 0 aliphatic rings. The molecule has 0 fully saturated rings. The molecule has 0 saturated heterocycles. The Labute approximate surface area is 414 Å². The second-order valence-corrected chi connectivity index (χ2v) is 18.5. The minimum atomic E-state index is -0.779. The molecule has 0 radical (unpaired) electrons. The molecular weight excluding hydrogens is 829 g/mol. The Morgan fingerprint density at radius 2 is 0.582 bits per heavy atom. The number of hydrogen-bond acceptors (Lipinski definition) is 6. The number of rotatable bonds is 50. The van der Waals surface area contributed by atoms with E-state index in [2.05, 4.69) is 106 Å². The topological polar surface area (TPSA) is 78.9 Å². The molecule has 384 valence electrons. The summed E-state index contributed by atoms with van der Waals surface area (Å²) < 4.78 is 16.7. The van der Waals surface area contributed by atoms with E-state index in [0.29, 0.717) is 19.3 Å². The Kier molecular flexibility index (Phi) is 52.4. The maximum atomic E-state index is 12.8. The van der Waals surface area contributed by atoms with Gasteiger partial charge in [-0.1, -0.05) is 254 Å². The van der Waals surface area contributed by atoms with Gasteiger partial charge in [0.15, 0.2) is 6.10 Å². The molecule has 0 aromatic heterocycles. The van der Waals surface area contributed by atoms with E-state index in [1.807, 2.05) is 0 Å². The third-order valence-corrected chi connectivity index (χ3v) is 11.9. The van der Waals surface area contributed by atoms with Crippen molar-refractivity contribution >= 4 is 17.9 Å². The fourth-order valence-electron chi connectivity index (χ4n) is 7.72. The maximum absolute atomic E-state index is 12.8. The number of carbonyl (C=O) groups excluding carboxylic acids is 3. The summed E-state index contributed by atoms with van der Waals surface area (Å²) in [5, 5.41) is 0. The molecule has 0 amide bonds. The molecular formula is C61H104O6. The van der Waals surface area contributed by atoms with Crippen molar-refractivity contribution in [1.82, 2.24) is 0 Å². The first-order chi connectivity index (χ1) is 33.0. The van der Waals surface area contributed by atoms with E-state index in [0.717, 1.165) is 122 Å². The average molecular weight is 933 g/mol. The lowest BCUT2D eigenvalue weighted by Crippen LogP contribution is -2.30. The van der Waals surface area contributed by atoms with Gasteiger partial charge in [-0.3, -0.25) is 14.4 Å². The van der Waals surface area contributed by atoms with Crippen molar-refractivity contribution in [2.24, 2.45) is 0 Å². The molecule has 0 aromatic carbocycles. The minimum Gasteiger partial charge on any atom is -0.462 e. The predicted molar refractivity (Wildman–Crippen MR) is 288 cm³/mol. The molecule has 0 aliphatic carbocycles. The van der Waals surface area contributed by atoms with Crippen molar-refractivity contribution in [3.05, 3.63) is 85.1 Å². The minimum absolute atomic E-state index is 0.0809. The third kappa shape index (κ3) is 53.4. The SMILES string of the molecule is CC/C=C\C/C=C\C/C=C\C/C=C\C/C=C\C/C=C\C/C=C\CCCCCCCC(=O)OCC(COC(=O)CCCCCCCC)OC(=O)CCCCCCCCCCCCCCCCCC. The molecule has 67 heavy (non-hydrogen) atoms. The van der Waals surface area contributed by atoms with E-state index in [-0.39, 0.29) is 31.1 Å². The quantitative estimate of drug-likeness (QED) is 0.0262. The van der Waals surface area contributed by atoms with Gasteiger partial charge in [-0.2, -0.15) is 0 Å². The van der Waals surface area contributed by atoms with Gasteiger partial charge in [0, 0.05) is 19.3 Å². The number of ether oxygens (including phenoxy) is 3. The van der Waals surface area contributed by atoms with Crippen LogP contribution in [0.25, 0.3) is 0 Å². The highest BCUT2D eigenvalue weighted by Gasteiger charge is 2.19. The smallest absolute Gasteiger partial charge is 0.306 e. The van der Waals surface area contributed by atoms with Crippen LogP contribution in [0.15, 0.2) is 85.1 Å². The highest BCUT2D eigenvalue weighted by atomic mass is 16.6. The summed E-state index contributed by atoms with van der Waals surface area (Å²) in [6.07, 6.45) is 71.7. The van der Waals surface area contributed by atoms with Crippen molar-refractivity contribution in [3.63, 3.8) is 0 Å². The monoisotopic (exact) mass is 933 g/mol. The molecule has 0 aliphatic heterocycles. The van der Waals surface area contributed by atoms with Crippen LogP contribution >= 0.6 is 0 Å². The van der Waals surface area contributed by atoms with E-state index < -0.39 is 6.10 Å². The highest BCUT2D eigenvalue weighted by Crippen LogP contribution is 2.15. The molecule has 0 spiro atoms. The van der Waals surface area contributed by atoms with E-state index >= 15 is 0 Å². The number of hydrogen-bond donors (Lipinski definition) is 0. The van der Waals surface area contributed by atoms with Crippen molar-refractivity contribution in [2.45, 2.75) is 271 Å². The van der Waals surface area contributed by atoms with Gasteiger partial charge in [0.2, 0.25) is 0 Å². The Hall–Kier alpha value is -3.41. The number of esters is 3. The van der Waals surface area contributed by atoms with Gasteiger partial charge in [0.1, 0.15) is 13.2 Å². The molecule has 0 heterocycles. The van der Waals surface area contributed by atoms with Crippen LogP contribution in [0.4, 0.5) is 0 Å². The molecule has 1 unspecified atom stereocenters. The van der Waals surface area contributed by atoms with Crippen molar-refractivity contribution < 1.29 is 28.6 Å². The molecule has 0 aromatic rings. The van der Waals surface area contributed by atoms with E-state index in [1.165, 1.54) is 103 Å². The van der Waals surface area contributed by atoms with Gasteiger partial charge >= 0.3 is 17.9 Å². The summed E-state index contributed by atoms with van der Waals surface area (Å²) in [7, 11) is 0. The second kappa shape index (κ2) is 55.2. The van der Waals surface area contributed by atoms with Crippen molar-refractivity contribution in [2.75, 3.05) is 13.2 Å². The van der Waals surface area contributed by atoms with Crippen LogP contribution in [0.3, 0.4) is 0 Å².